The number of carbonyl (C=O) groups excluding carboxylic acids is 1. The number of amides is 1. The van der Waals surface area contributed by atoms with Gasteiger partial charge < -0.3 is 15.5 Å². The van der Waals surface area contributed by atoms with Crippen LogP contribution in [0.15, 0.2) is 22.8 Å². The molecule has 1 fully saturated rings. The van der Waals surface area contributed by atoms with E-state index in [0.29, 0.717) is 6.54 Å². The summed E-state index contributed by atoms with van der Waals surface area (Å²) in [7, 11) is 0. The first kappa shape index (κ1) is 15.1. The van der Waals surface area contributed by atoms with Crippen LogP contribution < -0.4 is 11.1 Å². The van der Waals surface area contributed by atoms with Gasteiger partial charge in [-0.25, -0.2) is 0 Å². The Morgan fingerprint density at radius 1 is 1.45 bits per heavy atom. The predicted octanol–water partition coefficient (Wildman–Crippen LogP) is 1.52. The Balaban J connectivity index is 1.96. The van der Waals surface area contributed by atoms with Gasteiger partial charge in [-0.05, 0) is 45.0 Å². The number of furan rings is 1. The number of hydrogen-bond donors (Lipinski definition) is 2. The molecule has 3 unspecified atom stereocenters. The fraction of sp³-hybridized carbons (Fsp3) is 0.667. The highest BCUT2D eigenvalue weighted by Crippen LogP contribution is 2.24. The third-order valence-corrected chi connectivity index (χ3v) is 4.12. The minimum atomic E-state index is -0.175. The third kappa shape index (κ3) is 3.61. The first-order valence-corrected chi connectivity index (χ1v) is 7.40. The van der Waals surface area contributed by atoms with Gasteiger partial charge in [0.1, 0.15) is 5.76 Å². The highest BCUT2D eigenvalue weighted by molar-refractivity contribution is 5.78. The normalized spacial score (nSPS) is 20.6. The SMILES string of the molecule is CC(N)C(C)C(=O)NCC(c1ccco1)N1CCCC1. The van der Waals surface area contributed by atoms with E-state index in [-0.39, 0.29) is 23.9 Å². The molecule has 1 aliphatic rings. The van der Waals surface area contributed by atoms with E-state index in [2.05, 4.69) is 10.2 Å². The molecule has 112 valence electrons. The van der Waals surface area contributed by atoms with Crippen LogP contribution in [0, 0.1) is 5.92 Å². The second-order valence-corrected chi connectivity index (χ2v) is 5.67. The van der Waals surface area contributed by atoms with E-state index in [9.17, 15) is 4.79 Å². The molecule has 1 aromatic heterocycles. The van der Waals surface area contributed by atoms with Crippen molar-refractivity contribution in [1.82, 2.24) is 10.2 Å². The summed E-state index contributed by atoms with van der Waals surface area (Å²) in [4.78, 5) is 14.4. The van der Waals surface area contributed by atoms with Crippen molar-refractivity contribution in [3.05, 3.63) is 24.2 Å². The Labute approximate surface area is 120 Å². The molecule has 5 heteroatoms. The average molecular weight is 279 g/mol. The molecule has 20 heavy (non-hydrogen) atoms. The standard InChI is InChI=1S/C15H25N3O2/c1-11(12(2)16)15(19)17-10-13(14-6-5-9-20-14)18-7-3-4-8-18/h5-6,9,11-13H,3-4,7-8,10,16H2,1-2H3,(H,17,19). The van der Waals surface area contributed by atoms with Gasteiger partial charge in [-0.15, -0.1) is 0 Å². The Morgan fingerprint density at radius 2 is 2.15 bits per heavy atom. The Morgan fingerprint density at radius 3 is 2.70 bits per heavy atom. The summed E-state index contributed by atoms with van der Waals surface area (Å²) in [6.45, 7) is 6.41. The summed E-state index contributed by atoms with van der Waals surface area (Å²) >= 11 is 0. The molecule has 0 bridgehead atoms. The van der Waals surface area contributed by atoms with Gasteiger partial charge in [0.2, 0.25) is 5.91 Å². The number of likely N-dealkylation sites (tertiary alicyclic amines) is 1. The summed E-state index contributed by atoms with van der Waals surface area (Å²) in [5.41, 5.74) is 5.77. The van der Waals surface area contributed by atoms with Crippen molar-refractivity contribution in [2.45, 2.75) is 38.8 Å². The van der Waals surface area contributed by atoms with Gasteiger partial charge >= 0.3 is 0 Å². The Bertz CT molecular complexity index is 411. The summed E-state index contributed by atoms with van der Waals surface area (Å²) in [6, 6.07) is 3.86. The van der Waals surface area contributed by atoms with E-state index in [4.69, 9.17) is 10.2 Å². The summed E-state index contributed by atoms with van der Waals surface area (Å²) < 4.78 is 5.53. The molecule has 2 rings (SSSR count). The van der Waals surface area contributed by atoms with Crippen LogP contribution in [-0.4, -0.2) is 36.5 Å². The predicted molar refractivity (Wildman–Crippen MR) is 78.1 cm³/mol. The van der Waals surface area contributed by atoms with Crippen LogP contribution >= 0.6 is 0 Å². The largest absolute Gasteiger partial charge is 0.468 e. The zero-order valence-electron chi connectivity index (χ0n) is 12.3. The fourth-order valence-electron chi connectivity index (χ4n) is 2.54. The highest BCUT2D eigenvalue weighted by Gasteiger charge is 2.27. The number of nitrogens with one attached hydrogen (secondary N) is 1. The molecule has 1 aromatic rings. The number of carbonyl (C=O) groups is 1. The van der Waals surface area contributed by atoms with Crippen LogP contribution in [0.3, 0.4) is 0 Å². The van der Waals surface area contributed by atoms with Crippen molar-refractivity contribution in [2.24, 2.45) is 11.7 Å². The monoisotopic (exact) mass is 279 g/mol. The Hall–Kier alpha value is -1.33. The second kappa shape index (κ2) is 6.90. The number of nitrogens with two attached hydrogens (primary N) is 1. The van der Waals surface area contributed by atoms with Crippen molar-refractivity contribution in [3.63, 3.8) is 0 Å². The van der Waals surface area contributed by atoms with Gasteiger partial charge in [-0.3, -0.25) is 9.69 Å². The van der Waals surface area contributed by atoms with Crippen molar-refractivity contribution < 1.29 is 9.21 Å². The number of rotatable bonds is 6. The van der Waals surface area contributed by atoms with E-state index >= 15 is 0 Å². The van der Waals surface area contributed by atoms with Gasteiger partial charge in [-0.1, -0.05) is 6.92 Å². The molecular formula is C15H25N3O2. The van der Waals surface area contributed by atoms with Gasteiger partial charge in [-0.2, -0.15) is 0 Å². The van der Waals surface area contributed by atoms with Crippen LogP contribution in [0.2, 0.25) is 0 Å². The quantitative estimate of drug-likeness (QED) is 0.828. The molecule has 2 heterocycles. The van der Waals surface area contributed by atoms with Crippen molar-refractivity contribution in [3.8, 4) is 0 Å². The smallest absolute Gasteiger partial charge is 0.224 e. The third-order valence-electron chi connectivity index (χ3n) is 4.12. The minimum Gasteiger partial charge on any atom is -0.468 e. The lowest BCUT2D eigenvalue weighted by molar-refractivity contribution is -0.125. The van der Waals surface area contributed by atoms with E-state index in [1.807, 2.05) is 26.0 Å². The molecule has 0 aliphatic carbocycles. The van der Waals surface area contributed by atoms with Crippen LogP contribution in [0.4, 0.5) is 0 Å². The minimum absolute atomic E-state index is 0.00996. The van der Waals surface area contributed by atoms with Crippen LogP contribution in [0.5, 0.6) is 0 Å². The van der Waals surface area contributed by atoms with Crippen LogP contribution in [0.25, 0.3) is 0 Å². The Kier molecular flexibility index (Phi) is 5.20. The molecule has 0 aromatic carbocycles. The van der Waals surface area contributed by atoms with E-state index in [1.165, 1.54) is 12.8 Å². The van der Waals surface area contributed by atoms with Crippen LogP contribution in [-0.2, 0) is 4.79 Å². The van der Waals surface area contributed by atoms with Crippen molar-refractivity contribution >= 4 is 5.91 Å². The van der Waals surface area contributed by atoms with Crippen molar-refractivity contribution in [1.29, 1.82) is 0 Å². The molecule has 1 amide bonds. The maximum Gasteiger partial charge on any atom is 0.224 e. The zero-order valence-corrected chi connectivity index (χ0v) is 12.3. The fourth-order valence-corrected chi connectivity index (χ4v) is 2.54. The molecule has 0 radical (unpaired) electrons. The number of nitrogens with zero attached hydrogens (tertiary/aromatic N) is 1. The second-order valence-electron chi connectivity index (χ2n) is 5.67. The van der Waals surface area contributed by atoms with Crippen LogP contribution in [0.1, 0.15) is 38.5 Å². The molecular weight excluding hydrogens is 254 g/mol. The summed E-state index contributed by atoms with van der Waals surface area (Å²) in [5, 5.41) is 3.01. The molecule has 0 saturated carbocycles. The van der Waals surface area contributed by atoms with Gasteiger partial charge in [0, 0.05) is 18.5 Å². The lowest BCUT2D eigenvalue weighted by Crippen LogP contribution is -2.42. The maximum atomic E-state index is 12.0. The zero-order chi connectivity index (χ0) is 14.5. The topological polar surface area (TPSA) is 71.5 Å². The average Bonchev–Trinajstić information content (AvgIpc) is 3.10. The molecule has 3 atom stereocenters. The molecule has 3 N–H and O–H groups in total. The molecule has 5 nitrogen and oxygen atoms in total. The summed E-state index contributed by atoms with van der Waals surface area (Å²) in [5.74, 6) is 0.752. The maximum absolute atomic E-state index is 12.0. The van der Waals surface area contributed by atoms with E-state index in [0.717, 1.165) is 18.8 Å². The lowest BCUT2D eigenvalue weighted by Gasteiger charge is -2.27. The highest BCUT2D eigenvalue weighted by atomic mass is 16.3. The van der Waals surface area contributed by atoms with Crippen molar-refractivity contribution in [2.75, 3.05) is 19.6 Å². The van der Waals surface area contributed by atoms with Gasteiger partial charge in [0.25, 0.3) is 0 Å². The van der Waals surface area contributed by atoms with E-state index < -0.39 is 0 Å². The molecule has 1 aliphatic heterocycles. The molecule has 1 saturated heterocycles. The van der Waals surface area contributed by atoms with E-state index in [1.54, 1.807) is 6.26 Å². The number of hydrogen-bond acceptors (Lipinski definition) is 4. The lowest BCUT2D eigenvalue weighted by atomic mass is 10.0. The molecule has 0 spiro atoms. The summed E-state index contributed by atoms with van der Waals surface area (Å²) in [6.07, 6.45) is 4.10. The van der Waals surface area contributed by atoms with Gasteiger partial charge in [0.05, 0.1) is 12.3 Å². The first-order valence-electron chi connectivity index (χ1n) is 7.40. The van der Waals surface area contributed by atoms with Gasteiger partial charge in [0.15, 0.2) is 0 Å². The first-order chi connectivity index (χ1) is 9.59.